The van der Waals surface area contributed by atoms with E-state index in [1.807, 2.05) is 0 Å². The first-order valence-electron chi connectivity index (χ1n) is 12.9. The van der Waals surface area contributed by atoms with E-state index in [0.29, 0.717) is 0 Å². The first-order chi connectivity index (χ1) is 19.4. The highest BCUT2D eigenvalue weighted by Gasteiger charge is 2.53. The minimum atomic E-state index is -1.99. The smallest absolute Gasteiger partial charge is 0.185 e. The summed E-state index contributed by atoms with van der Waals surface area (Å²) >= 11 is 0. The molecule has 0 spiro atoms. The van der Waals surface area contributed by atoms with Crippen LogP contribution in [0.2, 0.25) is 0 Å². The normalized spacial score (nSPS) is 39.4. The predicted molar refractivity (Wildman–Crippen MR) is 143 cm³/mol. The van der Waals surface area contributed by atoms with Crippen LogP contribution in [-0.4, -0.2) is 142 Å². The summed E-state index contributed by atoms with van der Waals surface area (Å²) in [7, 11) is 0. The summed E-state index contributed by atoms with van der Waals surface area (Å²) in [5.74, 6) is -3.93. The van der Waals surface area contributed by atoms with Crippen molar-refractivity contribution < 1.29 is 70.4 Å². The summed E-state index contributed by atoms with van der Waals surface area (Å²) < 4.78 is 11.0. The lowest BCUT2D eigenvalue weighted by Gasteiger charge is -2.45. The molecule has 4 unspecified atom stereocenters. The number of ketones is 1. The molecule has 12 atom stereocenters. The van der Waals surface area contributed by atoms with Gasteiger partial charge in [-0.3, -0.25) is 4.79 Å². The zero-order valence-corrected chi connectivity index (χ0v) is 21.5. The first-order valence-corrected chi connectivity index (χ1v) is 12.9. The Kier molecular flexibility index (Phi) is 11.0. The van der Waals surface area contributed by atoms with E-state index >= 15 is 0 Å². The van der Waals surface area contributed by atoms with Crippen LogP contribution < -0.4 is 0 Å². The number of hydrogen-bond acceptors (Lipinski definition) is 14. The topological polar surface area (TPSA) is 258 Å². The summed E-state index contributed by atoms with van der Waals surface area (Å²) in [5, 5.41) is 116. The van der Waals surface area contributed by atoms with E-state index in [2.05, 4.69) is 0 Å². The molecule has 1 aromatic rings. The molecule has 0 saturated carbocycles. The molecule has 2 heterocycles. The summed E-state index contributed by atoms with van der Waals surface area (Å²) in [6.07, 6.45) is -17.7. The zero-order valence-electron chi connectivity index (χ0n) is 21.5. The van der Waals surface area contributed by atoms with Crippen molar-refractivity contribution in [2.75, 3.05) is 13.2 Å². The number of carbonyl (C=O) groups is 1. The second-order valence-corrected chi connectivity index (χ2v) is 10.2. The van der Waals surface area contributed by atoms with Crippen LogP contribution in [0.4, 0.5) is 0 Å². The summed E-state index contributed by atoms with van der Waals surface area (Å²) in [5.41, 5.74) is -0.950. The van der Waals surface area contributed by atoms with Gasteiger partial charge in [0.15, 0.2) is 5.78 Å². The molecular weight excluding hydrogens is 560 g/mol. The van der Waals surface area contributed by atoms with Crippen molar-refractivity contribution in [1.82, 2.24) is 0 Å². The van der Waals surface area contributed by atoms with Crippen LogP contribution in [0.3, 0.4) is 0 Å². The van der Waals surface area contributed by atoms with Crippen LogP contribution in [0.1, 0.15) is 17.8 Å². The van der Waals surface area contributed by atoms with Gasteiger partial charge in [-0.2, -0.15) is 0 Å². The zero-order chi connectivity index (χ0) is 30.2. The van der Waals surface area contributed by atoms with Crippen molar-refractivity contribution in [1.29, 1.82) is 0 Å². The monoisotopic (exact) mass is 598 g/mol. The maximum Gasteiger partial charge on any atom is 0.185 e. The maximum absolute atomic E-state index is 12.7. The molecule has 2 saturated heterocycles. The number of aliphatic hydroxyl groups excluding tert-OH is 11. The number of carbonyl (C=O) groups excluding carboxylic acids is 1. The van der Waals surface area contributed by atoms with E-state index in [1.54, 1.807) is 18.2 Å². The third-order valence-corrected chi connectivity index (χ3v) is 7.67. The molecule has 11 N–H and O–H groups in total. The van der Waals surface area contributed by atoms with E-state index in [9.17, 15) is 61.0 Å². The number of hydrogen-bond donors (Lipinski definition) is 11. The van der Waals surface area contributed by atoms with E-state index in [0.717, 1.165) is 12.2 Å². The Morgan fingerprint density at radius 3 is 1.76 bits per heavy atom. The Morgan fingerprint density at radius 1 is 0.738 bits per heavy atom. The van der Waals surface area contributed by atoms with Gasteiger partial charge in [0.05, 0.1) is 30.8 Å². The van der Waals surface area contributed by atoms with Crippen LogP contribution in [-0.2, 0) is 9.47 Å². The highest BCUT2D eigenvalue weighted by Crippen LogP contribution is 2.42. The van der Waals surface area contributed by atoms with Crippen LogP contribution in [0.25, 0.3) is 0 Å². The van der Waals surface area contributed by atoms with Gasteiger partial charge in [0, 0.05) is 11.1 Å². The molecule has 3 aliphatic rings. The van der Waals surface area contributed by atoms with Crippen molar-refractivity contribution in [3.05, 3.63) is 70.7 Å². The van der Waals surface area contributed by atoms with Crippen LogP contribution >= 0.6 is 0 Å². The number of aliphatic hydroxyl groups is 11. The van der Waals surface area contributed by atoms with Gasteiger partial charge in [0.1, 0.15) is 72.6 Å². The molecule has 0 aromatic heterocycles. The Morgan fingerprint density at radius 2 is 1.24 bits per heavy atom. The molecule has 2 fully saturated rings. The van der Waals surface area contributed by atoms with E-state index in [-0.39, 0.29) is 13.0 Å². The fourth-order valence-corrected chi connectivity index (χ4v) is 5.31. The van der Waals surface area contributed by atoms with Crippen molar-refractivity contribution in [2.24, 2.45) is 5.92 Å². The second kappa shape index (κ2) is 13.7. The number of benzene rings is 1. The average molecular weight is 599 g/mol. The van der Waals surface area contributed by atoms with Gasteiger partial charge in [0.2, 0.25) is 0 Å². The van der Waals surface area contributed by atoms with E-state index < -0.39 is 115 Å². The molecule has 14 heteroatoms. The molecule has 2 aliphatic heterocycles. The van der Waals surface area contributed by atoms with Crippen LogP contribution in [0.15, 0.2) is 65.1 Å². The van der Waals surface area contributed by atoms with E-state index in [4.69, 9.17) is 9.47 Å². The van der Waals surface area contributed by atoms with Gasteiger partial charge in [0.25, 0.3) is 0 Å². The summed E-state index contributed by atoms with van der Waals surface area (Å²) in [4.78, 5) is 12.7. The predicted octanol–water partition coefficient (Wildman–Crippen LogP) is -2.64. The lowest BCUT2D eigenvalue weighted by molar-refractivity contribution is -0.225. The Labute approximate surface area is 241 Å². The maximum atomic E-state index is 12.7. The quantitative estimate of drug-likeness (QED) is 0.113. The second-order valence-electron chi connectivity index (χ2n) is 10.2. The first kappa shape index (κ1) is 33.8. The van der Waals surface area contributed by atoms with Gasteiger partial charge < -0.3 is 65.6 Å². The largest absolute Gasteiger partial charge is 0.511 e. The lowest BCUT2D eigenvalue weighted by atomic mass is 9.76. The SMILES string of the molecule is C.O=C(/C=C/C1C(O)=C(C2O[C@H](CO)[C@@H](O)[C@H](O)[C@H]2O)C(O)=C(C2O[C@H](CO)[C@@H](O)[C@H](O)[C@H]2O)C1O)c1ccccc1. The Bertz CT molecular complexity index is 1180. The highest BCUT2D eigenvalue weighted by atomic mass is 16.6. The van der Waals surface area contributed by atoms with Crippen LogP contribution in [0.5, 0.6) is 0 Å². The van der Waals surface area contributed by atoms with Gasteiger partial charge in [-0.1, -0.05) is 43.8 Å². The molecule has 4 rings (SSSR count). The number of ether oxygens (including phenoxy) is 2. The number of allylic oxidation sites excluding steroid dienone is 1. The third-order valence-electron chi connectivity index (χ3n) is 7.67. The Balaban J connectivity index is 0.00000484. The van der Waals surface area contributed by atoms with Crippen molar-refractivity contribution in [2.45, 2.75) is 74.6 Å². The van der Waals surface area contributed by atoms with Gasteiger partial charge >= 0.3 is 0 Å². The Hall–Kier alpha value is -2.73. The van der Waals surface area contributed by atoms with Crippen molar-refractivity contribution in [3.8, 4) is 0 Å². The fraction of sp³-hybridized carbons (Fsp3) is 0.536. The molecular formula is C28H38O14. The third kappa shape index (κ3) is 6.02. The molecule has 42 heavy (non-hydrogen) atoms. The minimum absolute atomic E-state index is 0. The average Bonchev–Trinajstić information content (AvgIpc) is 2.97. The molecule has 0 bridgehead atoms. The van der Waals surface area contributed by atoms with Gasteiger partial charge in [-0.15, -0.1) is 0 Å². The van der Waals surface area contributed by atoms with Gasteiger partial charge in [-0.25, -0.2) is 0 Å². The highest BCUT2D eigenvalue weighted by molar-refractivity contribution is 6.04. The fourth-order valence-electron chi connectivity index (χ4n) is 5.31. The lowest BCUT2D eigenvalue weighted by Crippen LogP contribution is -2.61. The molecule has 1 aliphatic carbocycles. The van der Waals surface area contributed by atoms with Crippen LogP contribution in [0, 0.1) is 5.92 Å². The standard InChI is InChI=1S/C27H34O14.CH4/c28-8-13-19(33)22(36)24(38)26(40-13)15-17(31)11(6-7-12(30)10-4-2-1-3-5-10)18(32)16(21(15)35)27-25(39)23(37)20(34)14(9-29)41-27;/h1-7,11,13-14,17,19-20,22-29,31-39H,8-9H2;1H4/b7-6+;/t11?,13-,14-,17?,19-,20-,22+,23+,24-,25-,26?,27?;/m1./s1. The van der Waals surface area contributed by atoms with E-state index in [1.165, 1.54) is 12.1 Å². The molecule has 14 nitrogen and oxygen atoms in total. The van der Waals surface area contributed by atoms with Gasteiger partial charge in [-0.05, 0) is 6.08 Å². The molecule has 234 valence electrons. The number of rotatable bonds is 7. The summed E-state index contributed by atoms with van der Waals surface area (Å²) in [6, 6.07) is 7.95. The molecule has 0 amide bonds. The van der Waals surface area contributed by atoms with Crippen molar-refractivity contribution >= 4 is 5.78 Å². The van der Waals surface area contributed by atoms with Crippen molar-refractivity contribution in [3.63, 3.8) is 0 Å². The summed E-state index contributed by atoms with van der Waals surface area (Å²) in [6.45, 7) is -1.67. The molecule has 1 aromatic carbocycles. The molecule has 0 radical (unpaired) electrons. The minimum Gasteiger partial charge on any atom is -0.511 e.